The lowest BCUT2D eigenvalue weighted by atomic mass is 10.2. The van der Waals surface area contributed by atoms with E-state index in [-0.39, 0.29) is 22.1 Å². The predicted octanol–water partition coefficient (Wildman–Crippen LogP) is 2.31. The number of halogens is 2. The molecule has 0 fully saturated rings. The Morgan fingerprint density at radius 3 is 2.36 bits per heavy atom. The Kier molecular flexibility index (Phi) is 3.30. The molecule has 0 atom stereocenters. The molecule has 0 amide bonds. The van der Waals surface area contributed by atoms with E-state index in [1.165, 1.54) is 14.2 Å². The fourth-order valence-electron chi connectivity index (χ4n) is 1.06. The van der Waals surface area contributed by atoms with E-state index in [1.54, 1.807) is 0 Å². The molecule has 76 valence electrons. The molecular formula is C9H8ClFO3. The zero-order valence-corrected chi connectivity index (χ0v) is 8.39. The van der Waals surface area contributed by atoms with Crippen LogP contribution in [0.5, 0.6) is 11.5 Å². The van der Waals surface area contributed by atoms with Crippen LogP contribution in [0.4, 0.5) is 4.39 Å². The van der Waals surface area contributed by atoms with E-state index in [0.29, 0.717) is 6.29 Å². The van der Waals surface area contributed by atoms with E-state index >= 15 is 0 Å². The maximum atomic E-state index is 13.2. The molecule has 0 radical (unpaired) electrons. The van der Waals surface area contributed by atoms with E-state index in [0.717, 1.165) is 6.07 Å². The van der Waals surface area contributed by atoms with Crippen molar-refractivity contribution in [3.8, 4) is 11.5 Å². The summed E-state index contributed by atoms with van der Waals surface area (Å²) in [6.07, 6.45) is 0.452. The summed E-state index contributed by atoms with van der Waals surface area (Å²) in [5, 5.41) is 0.0424. The molecule has 0 saturated heterocycles. The Morgan fingerprint density at radius 1 is 1.36 bits per heavy atom. The second-order valence-corrected chi connectivity index (χ2v) is 2.82. The van der Waals surface area contributed by atoms with Crippen molar-refractivity contribution < 1.29 is 18.7 Å². The first-order valence-corrected chi connectivity index (χ1v) is 4.08. The van der Waals surface area contributed by atoms with E-state index in [9.17, 15) is 9.18 Å². The van der Waals surface area contributed by atoms with Crippen LogP contribution in [0.1, 0.15) is 10.4 Å². The second-order valence-electron chi connectivity index (χ2n) is 2.45. The number of hydrogen-bond donors (Lipinski definition) is 0. The lowest BCUT2D eigenvalue weighted by molar-refractivity contribution is 0.112. The summed E-state index contributed by atoms with van der Waals surface area (Å²) in [5.41, 5.74) is 0.0295. The second kappa shape index (κ2) is 4.28. The van der Waals surface area contributed by atoms with Gasteiger partial charge in [-0.2, -0.15) is 0 Å². The molecule has 0 aliphatic heterocycles. The summed E-state index contributed by atoms with van der Waals surface area (Å²) in [6, 6.07) is 0.997. The van der Waals surface area contributed by atoms with Crippen molar-refractivity contribution in [2.24, 2.45) is 0 Å². The molecule has 0 saturated carbocycles. The molecule has 0 aliphatic carbocycles. The van der Waals surface area contributed by atoms with Crippen LogP contribution >= 0.6 is 11.6 Å². The van der Waals surface area contributed by atoms with E-state index < -0.39 is 5.82 Å². The van der Waals surface area contributed by atoms with Crippen LogP contribution < -0.4 is 9.47 Å². The van der Waals surface area contributed by atoms with Gasteiger partial charge in [-0.05, 0) is 6.07 Å². The van der Waals surface area contributed by atoms with Gasteiger partial charge in [0.1, 0.15) is 0 Å². The Hall–Kier alpha value is -1.29. The van der Waals surface area contributed by atoms with Crippen molar-refractivity contribution in [1.82, 2.24) is 0 Å². The summed E-state index contributed by atoms with van der Waals surface area (Å²) in [7, 11) is 2.61. The van der Waals surface area contributed by atoms with Crippen LogP contribution in [0.25, 0.3) is 0 Å². The van der Waals surface area contributed by atoms with Crippen LogP contribution in [0.15, 0.2) is 6.07 Å². The molecule has 0 aromatic heterocycles. The van der Waals surface area contributed by atoms with Crippen molar-refractivity contribution in [2.45, 2.75) is 0 Å². The SMILES string of the molecule is COc1c(F)cc(C=O)c(Cl)c1OC. The van der Waals surface area contributed by atoms with E-state index in [2.05, 4.69) is 0 Å². The van der Waals surface area contributed by atoms with E-state index in [4.69, 9.17) is 21.1 Å². The molecule has 5 heteroatoms. The summed E-state index contributed by atoms with van der Waals surface area (Å²) in [4.78, 5) is 10.5. The smallest absolute Gasteiger partial charge is 0.198 e. The quantitative estimate of drug-likeness (QED) is 0.731. The zero-order valence-electron chi connectivity index (χ0n) is 7.64. The number of aldehydes is 1. The number of rotatable bonds is 3. The van der Waals surface area contributed by atoms with Gasteiger partial charge < -0.3 is 9.47 Å². The van der Waals surface area contributed by atoms with Crippen LogP contribution in [0.2, 0.25) is 5.02 Å². The van der Waals surface area contributed by atoms with Gasteiger partial charge in [-0.15, -0.1) is 0 Å². The van der Waals surface area contributed by atoms with Crippen molar-refractivity contribution in [3.63, 3.8) is 0 Å². The standard InChI is InChI=1S/C9H8ClFO3/c1-13-8-6(11)3-5(4-12)7(10)9(8)14-2/h3-4H,1-2H3. The minimum atomic E-state index is -0.684. The third kappa shape index (κ3) is 1.65. The molecule has 0 heterocycles. The monoisotopic (exact) mass is 218 g/mol. The molecule has 1 aromatic carbocycles. The molecule has 0 spiro atoms. The van der Waals surface area contributed by atoms with Crippen LogP contribution in [-0.2, 0) is 0 Å². The Labute approximate surface area is 85.4 Å². The van der Waals surface area contributed by atoms with Gasteiger partial charge in [-0.25, -0.2) is 4.39 Å². The maximum absolute atomic E-state index is 13.2. The normalized spacial score (nSPS) is 9.71. The van der Waals surface area contributed by atoms with Crippen LogP contribution in [0, 0.1) is 5.82 Å². The minimum Gasteiger partial charge on any atom is -0.491 e. The van der Waals surface area contributed by atoms with Gasteiger partial charge in [-0.3, -0.25) is 4.79 Å². The largest absolute Gasteiger partial charge is 0.491 e. The highest BCUT2D eigenvalue weighted by Gasteiger charge is 2.18. The fourth-order valence-corrected chi connectivity index (χ4v) is 1.32. The van der Waals surface area contributed by atoms with Gasteiger partial charge in [0.25, 0.3) is 0 Å². The first-order valence-electron chi connectivity index (χ1n) is 3.70. The molecular weight excluding hydrogens is 211 g/mol. The van der Waals surface area contributed by atoms with Gasteiger partial charge >= 0.3 is 0 Å². The molecule has 0 unspecified atom stereocenters. The summed E-state index contributed by atoms with van der Waals surface area (Å²) >= 11 is 5.76. The summed E-state index contributed by atoms with van der Waals surface area (Å²) < 4.78 is 22.8. The molecule has 1 rings (SSSR count). The first kappa shape index (κ1) is 10.8. The van der Waals surface area contributed by atoms with E-state index in [1.807, 2.05) is 0 Å². The van der Waals surface area contributed by atoms with Crippen molar-refractivity contribution in [2.75, 3.05) is 14.2 Å². The van der Waals surface area contributed by atoms with Crippen LogP contribution in [0.3, 0.4) is 0 Å². The van der Waals surface area contributed by atoms with Gasteiger partial charge in [0, 0.05) is 5.56 Å². The Morgan fingerprint density at radius 2 is 1.93 bits per heavy atom. The molecule has 14 heavy (non-hydrogen) atoms. The first-order chi connectivity index (χ1) is 6.65. The molecule has 0 bridgehead atoms. The minimum absolute atomic E-state index is 0.0243. The third-order valence-electron chi connectivity index (χ3n) is 1.69. The summed E-state index contributed by atoms with van der Waals surface area (Å²) in [6.45, 7) is 0. The average molecular weight is 219 g/mol. The predicted molar refractivity (Wildman–Crippen MR) is 49.9 cm³/mol. The van der Waals surface area contributed by atoms with Gasteiger partial charge in [0.05, 0.1) is 19.2 Å². The average Bonchev–Trinajstić information content (AvgIpc) is 2.20. The number of carbonyl (C=O) groups is 1. The number of carbonyl (C=O) groups excluding carboxylic acids is 1. The van der Waals surface area contributed by atoms with Crippen molar-refractivity contribution in [3.05, 3.63) is 22.5 Å². The lowest BCUT2D eigenvalue weighted by Crippen LogP contribution is -1.97. The number of hydrogen-bond acceptors (Lipinski definition) is 3. The fraction of sp³-hybridized carbons (Fsp3) is 0.222. The van der Waals surface area contributed by atoms with Crippen LogP contribution in [-0.4, -0.2) is 20.5 Å². The molecule has 1 aromatic rings. The number of methoxy groups -OCH3 is 2. The van der Waals surface area contributed by atoms with Gasteiger partial charge in [-0.1, -0.05) is 11.6 Å². The van der Waals surface area contributed by atoms with Gasteiger partial charge in [0.15, 0.2) is 23.6 Å². The molecule has 0 N–H and O–H groups in total. The topological polar surface area (TPSA) is 35.5 Å². The van der Waals surface area contributed by atoms with Gasteiger partial charge in [0.2, 0.25) is 0 Å². The highest BCUT2D eigenvalue weighted by Crippen LogP contribution is 2.38. The highest BCUT2D eigenvalue weighted by molar-refractivity contribution is 6.34. The highest BCUT2D eigenvalue weighted by atomic mass is 35.5. The molecule has 3 nitrogen and oxygen atoms in total. The maximum Gasteiger partial charge on any atom is 0.198 e. The van der Waals surface area contributed by atoms with Crippen molar-refractivity contribution in [1.29, 1.82) is 0 Å². The lowest BCUT2D eigenvalue weighted by Gasteiger charge is -2.11. The number of benzene rings is 1. The number of ether oxygens (including phenoxy) is 2. The summed E-state index contributed by atoms with van der Waals surface area (Å²) in [5.74, 6) is -0.768. The zero-order chi connectivity index (χ0) is 10.7. The van der Waals surface area contributed by atoms with Crippen molar-refractivity contribution >= 4 is 17.9 Å². The Balaban J connectivity index is 3.47. The third-order valence-corrected chi connectivity index (χ3v) is 2.08. The molecule has 0 aliphatic rings. The Bertz CT molecular complexity index is 366.